The number of hydrogen-bond acceptors (Lipinski definition) is 7. The highest BCUT2D eigenvalue weighted by Crippen LogP contribution is 2.39. The Morgan fingerprint density at radius 1 is 1.21 bits per heavy atom. The van der Waals surface area contributed by atoms with Crippen molar-refractivity contribution in [3.05, 3.63) is 23.8 Å². The van der Waals surface area contributed by atoms with Crippen molar-refractivity contribution in [3.8, 4) is 11.5 Å². The Bertz CT molecular complexity index is 590. The van der Waals surface area contributed by atoms with Gasteiger partial charge in [-0.3, -0.25) is 4.79 Å². The molecule has 1 aromatic carbocycles. The van der Waals surface area contributed by atoms with Crippen LogP contribution in [0.15, 0.2) is 18.2 Å². The van der Waals surface area contributed by atoms with Crippen molar-refractivity contribution in [1.82, 2.24) is 5.32 Å². The van der Waals surface area contributed by atoms with Crippen molar-refractivity contribution in [2.24, 2.45) is 0 Å². The standard InChI is InChI=1S/C16H23NO7/c1-16(2)23-11-4-3-9(7-12(11)24-16)5-6-17-15(22)14(21)13(20)10(19)8-18/h3-4,7,10,13-14,18-21H,5-6,8H2,1-2H3,(H,17,22)/t10-,13-,14-/m1/s1. The Morgan fingerprint density at radius 2 is 1.88 bits per heavy atom. The molecular formula is C16H23NO7. The summed E-state index contributed by atoms with van der Waals surface area (Å²) in [5.41, 5.74) is 0.904. The van der Waals surface area contributed by atoms with Crippen molar-refractivity contribution < 1.29 is 34.7 Å². The Balaban J connectivity index is 1.84. The molecule has 0 unspecified atom stereocenters. The van der Waals surface area contributed by atoms with Crippen molar-refractivity contribution in [1.29, 1.82) is 0 Å². The van der Waals surface area contributed by atoms with Gasteiger partial charge in [-0.1, -0.05) is 6.07 Å². The minimum atomic E-state index is -1.82. The van der Waals surface area contributed by atoms with Crippen molar-refractivity contribution in [2.75, 3.05) is 13.2 Å². The van der Waals surface area contributed by atoms with Crippen LogP contribution >= 0.6 is 0 Å². The molecule has 24 heavy (non-hydrogen) atoms. The van der Waals surface area contributed by atoms with Crippen LogP contribution in [0.1, 0.15) is 19.4 Å². The average Bonchev–Trinajstić information content (AvgIpc) is 2.85. The van der Waals surface area contributed by atoms with Crippen molar-refractivity contribution in [2.45, 2.75) is 44.4 Å². The number of aliphatic hydroxyl groups is 4. The highest BCUT2D eigenvalue weighted by molar-refractivity contribution is 5.81. The molecule has 8 heteroatoms. The number of rotatable bonds is 7. The maximum Gasteiger partial charge on any atom is 0.251 e. The normalized spacial score (nSPS) is 18.8. The molecule has 0 aliphatic carbocycles. The minimum Gasteiger partial charge on any atom is -0.449 e. The van der Waals surface area contributed by atoms with Crippen LogP contribution in [0.3, 0.4) is 0 Å². The number of carbonyl (C=O) groups is 1. The topological polar surface area (TPSA) is 128 Å². The molecule has 1 heterocycles. The Morgan fingerprint density at radius 3 is 2.54 bits per heavy atom. The van der Waals surface area contributed by atoms with Crippen LogP contribution in [0.25, 0.3) is 0 Å². The zero-order valence-electron chi connectivity index (χ0n) is 13.6. The summed E-state index contributed by atoms with van der Waals surface area (Å²) in [6.45, 7) is 3.08. The summed E-state index contributed by atoms with van der Waals surface area (Å²) in [6, 6.07) is 5.45. The molecule has 0 spiro atoms. The van der Waals surface area contributed by atoms with Crippen LogP contribution in [0, 0.1) is 0 Å². The predicted molar refractivity (Wildman–Crippen MR) is 83.6 cm³/mol. The van der Waals surface area contributed by atoms with Crippen LogP contribution in [0.5, 0.6) is 11.5 Å². The second-order valence-corrected chi connectivity index (χ2v) is 6.11. The van der Waals surface area contributed by atoms with E-state index in [1.807, 2.05) is 12.1 Å². The molecule has 5 N–H and O–H groups in total. The molecule has 8 nitrogen and oxygen atoms in total. The Hall–Kier alpha value is -1.87. The van der Waals surface area contributed by atoms with Gasteiger partial charge in [-0.2, -0.15) is 0 Å². The Kier molecular flexibility index (Phi) is 5.66. The lowest BCUT2D eigenvalue weighted by molar-refractivity contribution is -0.142. The third-order valence-electron chi connectivity index (χ3n) is 3.61. The molecular weight excluding hydrogens is 318 g/mol. The van der Waals surface area contributed by atoms with Gasteiger partial charge in [0.15, 0.2) is 17.6 Å². The molecule has 1 amide bonds. The molecule has 2 rings (SSSR count). The van der Waals surface area contributed by atoms with E-state index in [-0.39, 0.29) is 6.54 Å². The number of carbonyl (C=O) groups excluding carboxylic acids is 1. The lowest BCUT2D eigenvalue weighted by Crippen LogP contribution is -2.48. The van der Waals surface area contributed by atoms with Gasteiger partial charge >= 0.3 is 0 Å². The van der Waals surface area contributed by atoms with Gasteiger partial charge in [0, 0.05) is 20.4 Å². The number of fused-ring (bicyclic) bond motifs is 1. The number of benzene rings is 1. The summed E-state index contributed by atoms with van der Waals surface area (Å²) in [5.74, 6) is -0.241. The van der Waals surface area contributed by atoms with Crippen LogP contribution in [-0.4, -0.2) is 63.6 Å². The molecule has 3 atom stereocenters. The molecule has 0 saturated heterocycles. The second kappa shape index (κ2) is 7.35. The van der Waals surface area contributed by atoms with Crippen molar-refractivity contribution >= 4 is 5.91 Å². The number of amides is 1. The van der Waals surface area contributed by atoms with E-state index < -0.39 is 36.6 Å². The summed E-state index contributed by atoms with van der Waals surface area (Å²) in [5, 5.41) is 39.5. The van der Waals surface area contributed by atoms with Gasteiger partial charge < -0.3 is 35.2 Å². The van der Waals surface area contributed by atoms with Gasteiger partial charge in [0.1, 0.15) is 12.2 Å². The molecule has 0 aromatic heterocycles. The highest BCUT2D eigenvalue weighted by atomic mass is 16.7. The SMILES string of the molecule is CC1(C)Oc2ccc(CCNC(=O)[C@H](O)[C@H](O)[C@H](O)CO)cc2O1. The first-order valence-corrected chi connectivity index (χ1v) is 7.67. The van der Waals surface area contributed by atoms with Crippen LogP contribution in [-0.2, 0) is 11.2 Å². The van der Waals surface area contributed by atoms with Gasteiger partial charge in [0.05, 0.1) is 6.61 Å². The fourth-order valence-corrected chi connectivity index (χ4v) is 2.33. The molecule has 1 aromatic rings. The third-order valence-corrected chi connectivity index (χ3v) is 3.61. The van der Waals surface area contributed by atoms with E-state index in [1.165, 1.54) is 0 Å². The van der Waals surface area contributed by atoms with Gasteiger partial charge in [-0.15, -0.1) is 0 Å². The van der Waals surface area contributed by atoms with E-state index in [2.05, 4.69) is 5.32 Å². The predicted octanol–water partition coefficient (Wildman–Crippen LogP) is -1.07. The first-order chi connectivity index (χ1) is 11.2. The van der Waals surface area contributed by atoms with E-state index in [0.717, 1.165) is 5.56 Å². The number of ether oxygens (including phenoxy) is 2. The highest BCUT2D eigenvalue weighted by Gasteiger charge is 2.32. The van der Waals surface area contributed by atoms with E-state index in [1.54, 1.807) is 19.9 Å². The maximum atomic E-state index is 11.7. The largest absolute Gasteiger partial charge is 0.449 e. The molecule has 0 radical (unpaired) electrons. The van der Waals surface area contributed by atoms with E-state index in [0.29, 0.717) is 17.9 Å². The van der Waals surface area contributed by atoms with E-state index >= 15 is 0 Å². The fraction of sp³-hybridized carbons (Fsp3) is 0.562. The number of aliphatic hydroxyl groups excluding tert-OH is 4. The molecule has 0 bridgehead atoms. The first-order valence-electron chi connectivity index (χ1n) is 7.67. The molecule has 0 saturated carbocycles. The fourth-order valence-electron chi connectivity index (χ4n) is 2.33. The van der Waals surface area contributed by atoms with Crippen LogP contribution < -0.4 is 14.8 Å². The summed E-state index contributed by atoms with van der Waals surface area (Å²) in [7, 11) is 0. The zero-order chi connectivity index (χ0) is 17.9. The summed E-state index contributed by atoms with van der Waals surface area (Å²) in [6.07, 6.45) is -4.66. The quantitative estimate of drug-likeness (QED) is 0.427. The summed E-state index contributed by atoms with van der Waals surface area (Å²) in [4.78, 5) is 11.7. The van der Waals surface area contributed by atoms with Gasteiger partial charge in [0.25, 0.3) is 5.91 Å². The number of nitrogens with one attached hydrogen (secondary N) is 1. The van der Waals surface area contributed by atoms with Crippen LogP contribution in [0.2, 0.25) is 0 Å². The van der Waals surface area contributed by atoms with Gasteiger partial charge in [-0.25, -0.2) is 0 Å². The zero-order valence-corrected chi connectivity index (χ0v) is 13.6. The molecule has 1 aliphatic rings. The number of hydrogen-bond donors (Lipinski definition) is 5. The second-order valence-electron chi connectivity index (χ2n) is 6.11. The minimum absolute atomic E-state index is 0.223. The lowest BCUT2D eigenvalue weighted by Gasteiger charge is -2.20. The monoisotopic (exact) mass is 341 g/mol. The summed E-state index contributed by atoms with van der Waals surface area (Å²) < 4.78 is 11.2. The molecule has 0 fully saturated rings. The third kappa shape index (κ3) is 4.35. The van der Waals surface area contributed by atoms with Crippen molar-refractivity contribution in [3.63, 3.8) is 0 Å². The molecule has 1 aliphatic heterocycles. The summed E-state index contributed by atoms with van der Waals surface area (Å²) >= 11 is 0. The van der Waals surface area contributed by atoms with Crippen LogP contribution in [0.4, 0.5) is 0 Å². The van der Waals surface area contributed by atoms with Gasteiger partial charge in [-0.05, 0) is 24.1 Å². The van der Waals surface area contributed by atoms with E-state index in [9.17, 15) is 20.1 Å². The average molecular weight is 341 g/mol. The molecule has 134 valence electrons. The maximum absolute atomic E-state index is 11.7. The van der Waals surface area contributed by atoms with Gasteiger partial charge in [0.2, 0.25) is 5.79 Å². The smallest absolute Gasteiger partial charge is 0.251 e. The first kappa shape index (κ1) is 18.5. The lowest BCUT2D eigenvalue weighted by atomic mass is 10.1. The Labute approximate surface area is 139 Å². The van der Waals surface area contributed by atoms with E-state index in [4.69, 9.17) is 14.6 Å².